The van der Waals surface area contributed by atoms with Gasteiger partial charge in [-0.05, 0) is 31.7 Å². The fraction of sp³-hybridized carbons (Fsp3) is 0.611. The lowest BCUT2D eigenvalue weighted by Crippen LogP contribution is -2.39. The zero-order chi connectivity index (χ0) is 19.0. The Labute approximate surface area is 158 Å². The number of hydrogen-bond donors (Lipinski definition) is 3. The molecule has 0 aliphatic rings. The van der Waals surface area contributed by atoms with Crippen LogP contribution in [0.3, 0.4) is 0 Å². The van der Waals surface area contributed by atoms with Crippen molar-refractivity contribution in [1.82, 2.24) is 20.8 Å². The summed E-state index contributed by atoms with van der Waals surface area (Å²) in [5, 5.41) is 23.0. The molecule has 2 aromatic heterocycles. The first-order chi connectivity index (χ1) is 12.4. The minimum atomic E-state index is -0.965. The number of guanidine groups is 1. The highest BCUT2D eigenvalue weighted by Crippen LogP contribution is 2.25. The number of rotatable bonds is 9. The fourth-order valence-corrected chi connectivity index (χ4v) is 3.07. The molecule has 2 heterocycles. The number of nitrogens with zero attached hydrogens (tertiary/aromatic N) is 3. The van der Waals surface area contributed by atoms with Crippen molar-refractivity contribution in [1.29, 1.82) is 0 Å². The van der Waals surface area contributed by atoms with Crippen LogP contribution in [0.1, 0.15) is 56.6 Å². The zero-order valence-electron chi connectivity index (χ0n) is 16.0. The molecular weight excluding hydrogens is 350 g/mol. The number of hydrogen-bond acceptors (Lipinski definition) is 6. The van der Waals surface area contributed by atoms with Crippen LogP contribution in [-0.4, -0.2) is 40.8 Å². The maximum Gasteiger partial charge on any atom is 0.226 e. The summed E-state index contributed by atoms with van der Waals surface area (Å²) in [6.07, 6.45) is 1.57. The van der Waals surface area contributed by atoms with Crippen LogP contribution in [0, 0.1) is 0 Å². The standard InChI is InChI=1S/C18H29N5O2S/c1-5-19-17(21-12-18(4,24)14-8-7-11-26-14)20-10-6-9-15-22-16(13(2)3)23-25-15/h7-8,11,13,24H,5-6,9-10,12H2,1-4H3,(H2,19,20,21). The Kier molecular flexibility index (Phi) is 7.59. The van der Waals surface area contributed by atoms with Crippen molar-refractivity contribution in [3.63, 3.8) is 0 Å². The smallest absolute Gasteiger partial charge is 0.226 e. The van der Waals surface area contributed by atoms with E-state index in [4.69, 9.17) is 4.52 Å². The van der Waals surface area contributed by atoms with Gasteiger partial charge in [0.25, 0.3) is 0 Å². The molecule has 144 valence electrons. The summed E-state index contributed by atoms with van der Waals surface area (Å²) in [7, 11) is 0. The Balaban J connectivity index is 1.81. The molecular formula is C18H29N5O2S. The molecule has 26 heavy (non-hydrogen) atoms. The molecule has 0 saturated carbocycles. The molecule has 0 amide bonds. The topological polar surface area (TPSA) is 95.6 Å². The summed E-state index contributed by atoms with van der Waals surface area (Å²) < 4.78 is 5.25. The molecule has 0 aliphatic heterocycles. The molecule has 3 N–H and O–H groups in total. The van der Waals surface area contributed by atoms with Gasteiger partial charge in [-0.1, -0.05) is 25.1 Å². The van der Waals surface area contributed by atoms with Gasteiger partial charge >= 0.3 is 0 Å². The quantitative estimate of drug-likeness (QED) is 0.352. The van der Waals surface area contributed by atoms with Gasteiger partial charge in [0.1, 0.15) is 5.60 Å². The monoisotopic (exact) mass is 379 g/mol. The molecule has 0 aromatic carbocycles. The highest BCUT2D eigenvalue weighted by Gasteiger charge is 2.23. The van der Waals surface area contributed by atoms with E-state index < -0.39 is 5.60 Å². The van der Waals surface area contributed by atoms with E-state index in [1.54, 1.807) is 6.92 Å². The van der Waals surface area contributed by atoms with Gasteiger partial charge in [-0.15, -0.1) is 11.3 Å². The number of aliphatic hydroxyl groups is 1. The third-order valence-electron chi connectivity index (χ3n) is 3.80. The molecule has 0 bridgehead atoms. The van der Waals surface area contributed by atoms with E-state index in [0.29, 0.717) is 18.4 Å². The van der Waals surface area contributed by atoms with Crippen molar-refractivity contribution in [2.45, 2.75) is 52.1 Å². The second kappa shape index (κ2) is 9.68. The zero-order valence-corrected chi connectivity index (χ0v) is 16.8. The molecule has 0 fully saturated rings. The van der Waals surface area contributed by atoms with Gasteiger partial charge in [-0.2, -0.15) is 4.98 Å². The summed E-state index contributed by atoms with van der Waals surface area (Å²) >= 11 is 1.53. The summed E-state index contributed by atoms with van der Waals surface area (Å²) in [5.41, 5.74) is -0.965. The number of aliphatic imine (C=N–C) groups is 1. The highest BCUT2D eigenvalue weighted by molar-refractivity contribution is 7.10. The van der Waals surface area contributed by atoms with Crippen LogP contribution in [0.5, 0.6) is 0 Å². The van der Waals surface area contributed by atoms with Gasteiger partial charge in [0, 0.05) is 30.3 Å². The first kappa shape index (κ1) is 20.4. The molecule has 7 nitrogen and oxygen atoms in total. The average Bonchev–Trinajstić information content (AvgIpc) is 3.28. The Hall–Kier alpha value is -1.93. The molecule has 0 spiro atoms. The van der Waals surface area contributed by atoms with Crippen LogP contribution in [-0.2, 0) is 12.0 Å². The number of nitrogens with one attached hydrogen (secondary N) is 2. The van der Waals surface area contributed by atoms with Crippen molar-refractivity contribution in [2.24, 2.45) is 4.99 Å². The van der Waals surface area contributed by atoms with Crippen molar-refractivity contribution >= 4 is 17.3 Å². The third-order valence-corrected chi connectivity index (χ3v) is 4.92. The summed E-state index contributed by atoms with van der Waals surface area (Å²) in [5.74, 6) is 2.38. The van der Waals surface area contributed by atoms with Gasteiger partial charge in [0.15, 0.2) is 11.8 Å². The highest BCUT2D eigenvalue weighted by atomic mass is 32.1. The van der Waals surface area contributed by atoms with Crippen LogP contribution in [0.25, 0.3) is 0 Å². The predicted molar refractivity (Wildman–Crippen MR) is 105 cm³/mol. The molecule has 1 atom stereocenters. The fourth-order valence-electron chi connectivity index (χ4n) is 2.29. The predicted octanol–water partition coefficient (Wildman–Crippen LogP) is 2.65. The van der Waals surface area contributed by atoms with Crippen molar-refractivity contribution in [2.75, 3.05) is 19.6 Å². The molecule has 0 radical (unpaired) electrons. The molecule has 0 saturated heterocycles. The summed E-state index contributed by atoms with van der Waals surface area (Å²) in [6.45, 7) is 9.67. The lowest BCUT2D eigenvalue weighted by Gasteiger charge is -2.20. The van der Waals surface area contributed by atoms with Crippen LogP contribution >= 0.6 is 11.3 Å². The first-order valence-corrected chi connectivity index (χ1v) is 9.91. The van der Waals surface area contributed by atoms with Crippen molar-refractivity contribution < 1.29 is 9.63 Å². The molecule has 2 rings (SSSR count). The second-order valence-corrected chi connectivity index (χ2v) is 7.63. The van der Waals surface area contributed by atoms with E-state index in [1.165, 1.54) is 11.3 Å². The van der Waals surface area contributed by atoms with E-state index in [0.717, 1.165) is 36.6 Å². The van der Waals surface area contributed by atoms with E-state index in [9.17, 15) is 5.11 Å². The van der Waals surface area contributed by atoms with Gasteiger partial charge in [-0.25, -0.2) is 4.99 Å². The van der Waals surface area contributed by atoms with Crippen LogP contribution in [0.4, 0.5) is 0 Å². The Morgan fingerprint density at radius 2 is 2.23 bits per heavy atom. The van der Waals surface area contributed by atoms with Crippen LogP contribution in [0.15, 0.2) is 27.0 Å². The molecule has 2 aromatic rings. The Morgan fingerprint density at radius 1 is 1.42 bits per heavy atom. The van der Waals surface area contributed by atoms with Gasteiger partial charge in [0.2, 0.25) is 5.89 Å². The lowest BCUT2D eigenvalue weighted by atomic mass is 10.1. The van der Waals surface area contributed by atoms with Crippen molar-refractivity contribution in [3.05, 3.63) is 34.1 Å². The number of aryl methyl sites for hydroxylation is 1. The largest absolute Gasteiger partial charge is 0.383 e. The minimum Gasteiger partial charge on any atom is -0.383 e. The van der Waals surface area contributed by atoms with E-state index in [-0.39, 0.29) is 5.92 Å². The molecule has 1 unspecified atom stereocenters. The van der Waals surface area contributed by atoms with E-state index in [1.807, 2.05) is 38.3 Å². The first-order valence-electron chi connectivity index (χ1n) is 9.03. The number of aromatic nitrogens is 2. The SMILES string of the molecule is CCNC(=NCC(C)(O)c1cccs1)NCCCc1nc(C(C)C)no1. The average molecular weight is 380 g/mol. The maximum atomic E-state index is 10.6. The van der Waals surface area contributed by atoms with Gasteiger partial charge in [0.05, 0.1) is 6.54 Å². The molecule has 8 heteroatoms. The Morgan fingerprint density at radius 3 is 2.85 bits per heavy atom. The van der Waals surface area contributed by atoms with Crippen molar-refractivity contribution in [3.8, 4) is 0 Å². The second-order valence-electron chi connectivity index (χ2n) is 6.68. The summed E-state index contributed by atoms with van der Waals surface area (Å²) in [4.78, 5) is 9.80. The third kappa shape index (κ3) is 6.10. The van der Waals surface area contributed by atoms with Gasteiger partial charge < -0.3 is 20.3 Å². The maximum absolute atomic E-state index is 10.6. The minimum absolute atomic E-state index is 0.272. The van der Waals surface area contributed by atoms with Crippen LogP contribution < -0.4 is 10.6 Å². The van der Waals surface area contributed by atoms with E-state index in [2.05, 4.69) is 25.8 Å². The molecule has 0 aliphatic carbocycles. The lowest BCUT2D eigenvalue weighted by molar-refractivity contribution is 0.0711. The van der Waals surface area contributed by atoms with E-state index >= 15 is 0 Å². The number of thiophene rings is 1. The Bertz CT molecular complexity index is 680. The summed E-state index contributed by atoms with van der Waals surface area (Å²) in [6, 6.07) is 3.86. The normalized spacial score (nSPS) is 14.5. The van der Waals surface area contributed by atoms with Crippen LogP contribution in [0.2, 0.25) is 0 Å². The van der Waals surface area contributed by atoms with Gasteiger partial charge in [-0.3, -0.25) is 0 Å².